The maximum Gasteiger partial charge on any atom is 0.225 e. The molecule has 0 saturated heterocycles. The van der Waals surface area contributed by atoms with Crippen LogP contribution in [0.25, 0.3) is 11.3 Å². The molecule has 0 aliphatic rings. The molecule has 7 heteroatoms. The second kappa shape index (κ2) is 5.92. The molecule has 2 heterocycles. The van der Waals surface area contributed by atoms with Crippen LogP contribution in [0.3, 0.4) is 0 Å². The Morgan fingerprint density at radius 2 is 1.95 bits per heavy atom. The molecule has 0 spiro atoms. The average Bonchev–Trinajstić information content (AvgIpc) is 2.99. The van der Waals surface area contributed by atoms with Crippen LogP contribution < -0.4 is 11.1 Å². The van der Waals surface area contributed by atoms with Gasteiger partial charge < -0.3 is 11.1 Å². The minimum absolute atomic E-state index is 0.425. The average molecular weight is 345 g/mol. The number of H-pyrrole nitrogens is 1. The van der Waals surface area contributed by atoms with Crippen LogP contribution in [0.1, 0.15) is 5.56 Å². The number of nitrogens with two attached hydrogens (primary N) is 1. The van der Waals surface area contributed by atoms with Crippen molar-refractivity contribution in [2.45, 2.75) is 6.54 Å². The summed E-state index contributed by atoms with van der Waals surface area (Å²) in [5.74, 6) is 0.925. The fourth-order valence-electron chi connectivity index (χ4n) is 1.91. The lowest BCUT2D eigenvalue weighted by atomic mass is 10.1. The molecule has 2 aromatic heterocycles. The van der Waals surface area contributed by atoms with Crippen molar-refractivity contribution in [1.29, 1.82) is 0 Å². The van der Waals surface area contributed by atoms with Crippen molar-refractivity contribution in [3.63, 3.8) is 0 Å². The summed E-state index contributed by atoms with van der Waals surface area (Å²) in [4.78, 5) is 8.33. The van der Waals surface area contributed by atoms with Crippen LogP contribution in [-0.2, 0) is 6.54 Å². The standard InChI is InChI=1S/C14H13BrN6/c15-12-7-13(16)20-14(19-12)17-8-9-1-3-10(4-2-9)11-5-6-18-21-11/h1-7H,8H2,(H,18,21)(H3,16,17,19,20). The first-order valence-electron chi connectivity index (χ1n) is 6.33. The van der Waals surface area contributed by atoms with Gasteiger partial charge >= 0.3 is 0 Å². The Balaban J connectivity index is 1.68. The number of benzene rings is 1. The molecule has 0 aliphatic carbocycles. The van der Waals surface area contributed by atoms with Crippen molar-refractivity contribution >= 4 is 27.7 Å². The van der Waals surface area contributed by atoms with Crippen LogP contribution in [0.4, 0.5) is 11.8 Å². The monoisotopic (exact) mass is 344 g/mol. The molecule has 0 radical (unpaired) electrons. The van der Waals surface area contributed by atoms with Crippen molar-refractivity contribution in [1.82, 2.24) is 20.2 Å². The summed E-state index contributed by atoms with van der Waals surface area (Å²) >= 11 is 3.29. The zero-order chi connectivity index (χ0) is 14.7. The molecule has 0 amide bonds. The fourth-order valence-corrected chi connectivity index (χ4v) is 2.32. The van der Waals surface area contributed by atoms with E-state index < -0.39 is 0 Å². The van der Waals surface area contributed by atoms with Gasteiger partial charge in [-0.1, -0.05) is 24.3 Å². The van der Waals surface area contributed by atoms with Crippen molar-refractivity contribution in [3.8, 4) is 11.3 Å². The van der Waals surface area contributed by atoms with E-state index in [0.717, 1.165) is 16.8 Å². The van der Waals surface area contributed by atoms with Gasteiger partial charge in [-0.3, -0.25) is 5.10 Å². The minimum Gasteiger partial charge on any atom is -0.383 e. The minimum atomic E-state index is 0.425. The van der Waals surface area contributed by atoms with E-state index in [0.29, 0.717) is 22.9 Å². The smallest absolute Gasteiger partial charge is 0.225 e. The number of aromatic amines is 1. The zero-order valence-electron chi connectivity index (χ0n) is 11.0. The molecule has 0 fully saturated rings. The molecule has 106 valence electrons. The molecule has 6 nitrogen and oxygen atoms in total. The number of rotatable bonds is 4. The molecular weight excluding hydrogens is 332 g/mol. The topological polar surface area (TPSA) is 92.5 Å². The molecule has 3 aromatic rings. The second-order valence-corrected chi connectivity index (χ2v) is 5.27. The Hall–Kier alpha value is -2.41. The van der Waals surface area contributed by atoms with Crippen LogP contribution >= 0.6 is 15.9 Å². The maximum absolute atomic E-state index is 5.67. The molecular formula is C14H13BrN6. The highest BCUT2D eigenvalue weighted by molar-refractivity contribution is 9.10. The highest BCUT2D eigenvalue weighted by Crippen LogP contribution is 2.17. The lowest BCUT2D eigenvalue weighted by Gasteiger charge is -2.06. The largest absolute Gasteiger partial charge is 0.383 e. The van der Waals surface area contributed by atoms with Gasteiger partial charge in [0.1, 0.15) is 10.4 Å². The number of nitrogens with one attached hydrogen (secondary N) is 2. The third kappa shape index (κ3) is 3.38. The van der Waals surface area contributed by atoms with Crippen molar-refractivity contribution in [2.75, 3.05) is 11.1 Å². The Bertz CT molecular complexity index is 703. The van der Waals surface area contributed by atoms with E-state index in [1.807, 2.05) is 30.3 Å². The molecule has 1 aromatic carbocycles. The van der Waals surface area contributed by atoms with Crippen LogP contribution in [0, 0.1) is 0 Å². The van der Waals surface area contributed by atoms with Gasteiger partial charge in [-0.15, -0.1) is 0 Å². The molecule has 0 aliphatic heterocycles. The lowest BCUT2D eigenvalue weighted by Crippen LogP contribution is -2.05. The van der Waals surface area contributed by atoms with E-state index in [2.05, 4.69) is 41.4 Å². The third-order valence-electron chi connectivity index (χ3n) is 2.93. The Kier molecular flexibility index (Phi) is 3.83. The van der Waals surface area contributed by atoms with Gasteiger partial charge in [0, 0.05) is 18.8 Å². The predicted molar refractivity (Wildman–Crippen MR) is 85.5 cm³/mol. The molecule has 0 bridgehead atoms. The summed E-state index contributed by atoms with van der Waals surface area (Å²) in [5, 5.41) is 10.0. The van der Waals surface area contributed by atoms with E-state index in [9.17, 15) is 0 Å². The molecule has 21 heavy (non-hydrogen) atoms. The highest BCUT2D eigenvalue weighted by Gasteiger charge is 2.02. The third-order valence-corrected chi connectivity index (χ3v) is 3.34. The van der Waals surface area contributed by atoms with E-state index in [4.69, 9.17) is 5.73 Å². The summed E-state index contributed by atoms with van der Waals surface area (Å²) < 4.78 is 0.659. The van der Waals surface area contributed by atoms with Crippen LogP contribution in [0.2, 0.25) is 0 Å². The Morgan fingerprint density at radius 3 is 2.62 bits per heavy atom. The maximum atomic E-state index is 5.67. The van der Waals surface area contributed by atoms with Gasteiger partial charge in [0.05, 0.1) is 5.69 Å². The van der Waals surface area contributed by atoms with E-state index in [1.54, 1.807) is 12.3 Å². The van der Waals surface area contributed by atoms with Crippen LogP contribution in [-0.4, -0.2) is 20.2 Å². The quantitative estimate of drug-likeness (QED) is 0.633. The van der Waals surface area contributed by atoms with Crippen molar-refractivity contribution < 1.29 is 0 Å². The summed E-state index contributed by atoms with van der Waals surface area (Å²) in [6, 6.07) is 11.8. The van der Waals surface area contributed by atoms with E-state index in [1.165, 1.54) is 0 Å². The van der Waals surface area contributed by atoms with Gasteiger partial charge in [-0.25, -0.2) is 4.98 Å². The molecule has 0 unspecified atom stereocenters. The Labute approximate surface area is 130 Å². The second-order valence-electron chi connectivity index (χ2n) is 4.46. The highest BCUT2D eigenvalue weighted by atomic mass is 79.9. The van der Waals surface area contributed by atoms with Crippen molar-refractivity contribution in [2.24, 2.45) is 0 Å². The summed E-state index contributed by atoms with van der Waals surface area (Å²) in [5.41, 5.74) is 8.89. The zero-order valence-corrected chi connectivity index (χ0v) is 12.6. The van der Waals surface area contributed by atoms with E-state index in [-0.39, 0.29) is 0 Å². The SMILES string of the molecule is Nc1cc(Br)nc(NCc2ccc(-c3ccn[nH]3)cc2)n1. The molecule has 4 N–H and O–H groups in total. The molecule has 0 saturated carbocycles. The number of anilines is 2. The van der Waals surface area contributed by atoms with Crippen LogP contribution in [0.15, 0.2) is 47.2 Å². The fraction of sp³-hybridized carbons (Fsp3) is 0.0714. The van der Waals surface area contributed by atoms with Crippen molar-refractivity contribution in [3.05, 3.63) is 52.8 Å². The molecule has 0 atom stereocenters. The first kappa shape index (κ1) is 13.6. The number of hydrogen-bond donors (Lipinski definition) is 3. The Morgan fingerprint density at radius 1 is 1.14 bits per heavy atom. The lowest BCUT2D eigenvalue weighted by molar-refractivity contribution is 1.05. The number of hydrogen-bond acceptors (Lipinski definition) is 5. The first-order chi connectivity index (χ1) is 10.2. The number of nitrogen functional groups attached to an aromatic ring is 1. The number of nitrogens with zero attached hydrogens (tertiary/aromatic N) is 3. The summed E-state index contributed by atoms with van der Waals surface area (Å²) in [6.07, 6.45) is 1.74. The van der Waals surface area contributed by atoms with Gasteiger partial charge in [0.25, 0.3) is 0 Å². The number of halogens is 1. The normalized spacial score (nSPS) is 10.5. The van der Waals surface area contributed by atoms with Crippen LogP contribution in [0.5, 0.6) is 0 Å². The van der Waals surface area contributed by atoms with Gasteiger partial charge in [-0.2, -0.15) is 10.1 Å². The number of aromatic nitrogens is 4. The van der Waals surface area contributed by atoms with Gasteiger partial charge in [0.2, 0.25) is 5.95 Å². The predicted octanol–water partition coefficient (Wildman–Crippen LogP) is 2.82. The van der Waals surface area contributed by atoms with E-state index >= 15 is 0 Å². The van der Waals surface area contributed by atoms with Gasteiger partial charge in [-0.05, 0) is 33.1 Å². The first-order valence-corrected chi connectivity index (χ1v) is 7.12. The molecule has 3 rings (SSSR count). The summed E-state index contributed by atoms with van der Waals surface area (Å²) in [6.45, 7) is 0.624. The van der Waals surface area contributed by atoms with Gasteiger partial charge in [0.15, 0.2) is 0 Å². The summed E-state index contributed by atoms with van der Waals surface area (Å²) in [7, 11) is 0.